The molecule has 7 atom stereocenters. The summed E-state index contributed by atoms with van der Waals surface area (Å²) in [6.07, 6.45) is -10.1. The van der Waals surface area contributed by atoms with Gasteiger partial charge in [0.2, 0.25) is 11.5 Å². The van der Waals surface area contributed by atoms with Crippen LogP contribution in [0, 0.1) is 5.92 Å². The number of carboxylic acids is 1. The quantitative estimate of drug-likeness (QED) is 0.107. The number of aliphatic carboxylic acids is 1. The van der Waals surface area contributed by atoms with Gasteiger partial charge in [0.05, 0.1) is 31.5 Å². The number of aliphatic hydroxyl groups is 4. The Morgan fingerprint density at radius 2 is 1.61 bits per heavy atom. The van der Waals surface area contributed by atoms with Gasteiger partial charge in [-0.1, -0.05) is 36.4 Å². The summed E-state index contributed by atoms with van der Waals surface area (Å²) < 4.78 is 64.0. The predicted octanol–water partition coefficient (Wildman–Crippen LogP) is 4.36. The second kappa shape index (κ2) is 15.5. The minimum absolute atomic E-state index is 0.0557. The Hall–Kier alpha value is -5.39. The molecule has 2 heterocycles. The number of benzene rings is 4. The lowest BCUT2D eigenvalue weighted by Crippen LogP contribution is -2.64. The van der Waals surface area contributed by atoms with Gasteiger partial charge in [-0.15, -0.1) is 0 Å². The van der Waals surface area contributed by atoms with Crippen LogP contribution in [0.25, 0.3) is 0 Å². The highest BCUT2D eigenvalue weighted by Crippen LogP contribution is 2.57. The van der Waals surface area contributed by atoms with Gasteiger partial charge in [0.15, 0.2) is 5.60 Å². The van der Waals surface area contributed by atoms with Crippen molar-refractivity contribution in [2.24, 2.45) is 5.92 Å². The number of halogens is 3. The molecule has 0 aromatic heterocycles. The Morgan fingerprint density at radius 3 is 2.30 bits per heavy atom. The van der Waals surface area contributed by atoms with Gasteiger partial charge in [-0.3, -0.25) is 4.79 Å². The minimum Gasteiger partial charge on any atom is -0.489 e. The van der Waals surface area contributed by atoms with Crippen LogP contribution in [0.3, 0.4) is 0 Å². The highest BCUT2D eigenvalue weighted by atomic mass is 19.4. The fourth-order valence-corrected chi connectivity index (χ4v) is 7.99. The molecule has 4 aromatic rings. The summed E-state index contributed by atoms with van der Waals surface area (Å²) in [4.78, 5) is 24.6. The third kappa shape index (κ3) is 7.83. The lowest BCUT2D eigenvalue weighted by atomic mass is 9.70. The molecule has 7 N–H and O–H groups in total. The number of hydrogen-bond donors (Lipinski definition) is 7. The number of nitrogens with one attached hydrogen (secondary N) is 2. The van der Waals surface area contributed by atoms with E-state index < -0.39 is 85.5 Å². The zero-order valence-corrected chi connectivity index (χ0v) is 30.5. The van der Waals surface area contributed by atoms with Gasteiger partial charge < -0.3 is 55.1 Å². The summed E-state index contributed by atoms with van der Waals surface area (Å²) in [6, 6.07) is 22.9. The minimum atomic E-state index is -4.42. The number of anilines is 1. The summed E-state index contributed by atoms with van der Waals surface area (Å²) in [5, 5.41) is 56.6. The topological polar surface area (TPSA) is 196 Å². The van der Waals surface area contributed by atoms with E-state index in [1.165, 1.54) is 25.1 Å². The maximum Gasteiger partial charge on any atom is 0.405 e. The lowest BCUT2D eigenvalue weighted by molar-refractivity contribution is -0.173. The fourth-order valence-electron chi connectivity index (χ4n) is 7.99. The number of fused-ring (bicyclic) bond motifs is 6. The van der Waals surface area contributed by atoms with E-state index in [-0.39, 0.29) is 18.0 Å². The van der Waals surface area contributed by atoms with E-state index in [9.17, 15) is 48.3 Å². The molecular formula is C41H41F3N2O11. The lowest BCUT2D eigenvalue weighted by Gasteiger charge is -2.46. The van der Waals surface area contributed by atoms with E-state index in [0.29, 0.717) is 40.5 Å². The number of ether oxygens (including phenoxy) is 4. The first-order valence-corrected chi connectivity index (χ1v) is 18.2. The molecule has 302 valence electrons. The number of rotatable bonds is 12. The van der Waals surface area contributed by atoms with Crippen LogP contribution in [0.1, 0.15) is 47.6 Å². The number of hydrogen-bond acceptors (Lipinski definition) is 11. The van der Waals surface area contributed by atoms with Crippen molar-refractivity contribution in [3.8, 4) is 23.0 Å². The molecule has 1 fully saturated rings. The van der Waals surface area contributed by atoms with Gasteiger partial charge in [0.25, 0.3) is 0 Å². The summed E-state index contributed by atoms with van der Waals surface area (Å²) in [6.45, 7) is -0.502. The average Bonchev–Trinajstić information content (AvgIpc) is 3.56. The summed E-state index contributed by atoms with van der Waals surface area (Å²) in [7, 11) is 0. The molecule has 1 amide bonds. The van der Waals surface area contributed by atoms with E-state index in [0.717, 1.165) is 11.1 Å². The van der Waals surface area contributed by atoms with Crippen molar-refractivity contribution in [2.45, 2.75) is 74.7 Å². The predicted molar refractivity (Wildman–Crippen MR) is 196 cm³/mol. The van der Waals surface area contributed by atoms with Crippen molar-refractivity contribution in [1.82, 2.24) is 5.32 Å². The number of carbonyl (C=O) groups is 2. The molecule has 0 radical (unpaired) electrons. The van der Waals surface area contributed by atoms with Gasteiger partial charge in [0.1, 0.15) is 42.3 Å². The summed E-state index contributed by atoms with van der Waals surface area (Å²) in [5.74, 6) is -1.95. The van der Waals surface area contributed by atoms with Crippen molar-refractivity contribution in [3.05, 3.63) is 113 Å². The highest BCUT2D eigenvalue weighted by molar-refractivity contribution is 5.79. The number of amides is 1. The van der Waals surface area contributed by atoms with Crippen molar-refractivity contribution < 1.29 is 67.2 Å². The first-order chi connectivity index (χ1) is 27.1. The first-order valence-electron chi connectivity index (χ1n) is 18.2. The monoisotopic (exact) mass is 794 g/mol. The zero-order valence-electron chi connectivity index (χ0n) is 30.5. The normalized spacial score (nSPS) is 24.6. The standard InChI is InChI=1S/C41H41F3N2O11/c1-22(48)46-36-28(37(51)33(50)18-47)16-39(38(52)53,17-32(36)49)57-26-9-6-23(7-10-26)19-54-27-11-13-31-35(15-27)56-34-14-25(45-21-40(42,43)44)8-12-30(34)41(31)29-5-3-2-4-24(29)20-55-41/h2-15,28,32-33,36-37,45,47,49-51H,16-21H2,1H3,(H,46,48)(H,52,53)/t28-,32+,33-,36+,37+,39+,41?/m1/s1. The van der Waals surface area contributed by atoms with Crippen molar-refractivity contribution >= 4 is 17.6 Å². The molecule has 16 heteroatoms. The largest absolute Gasteiger partial charge is 0.489 e. The molecule has 1 unspecified atom stereocenters. The third-order valence-electron chi connectivity index (χ3n) is 10.6. The van der Waals surface area contributed by atoms with Crippen LogP contribution >= 0.6 is 0 Å². The number of carboxylic acid groups (broad SMARTS) is 1. The van der Waals surface area contributed by atoms with Gasteiger partial charge in [-0.25, -0.2) is 4.79 Å². The Morgan fingerprint density at radius 1 is 0.930 bits per heavy atom. The smallest absolute Gasteiger partial charge is 0.405 e. The Kier molecular flexibility index (Phi) is 10.8. The van der Waals surface area contributed by atoms with Gasteiger partial charge in [-0.05, 0) is 53.1 Å². The zero-order chi connectivity index (χ0) is 40.7. The van der Waals surface area contributed by atoms with E-state index in [1.54, 1.807) is 36.4 Å². The SMILES string of the molecule is CC(=O)N[C@H]1[C@H]([C@H](O)[C@H](O)CO)C[C@@](Oc2ccc(COc3ccc4c(c3)Oc3cc(NCC(F)(F)F)ccc3C43OCc4ccccc43)cc2)(C(=O)O)C[C@@H]1O. The molecule has 4 aromatic carbocycles. The van der Waals surface area contributed by atoms with Crippen LogP contribution in [0.5, 0.6) is 23.0 Å². The molecule has 3 aliphatic rings. The maximum atomic E-state index is 13.0. The van der Waals surface area contributed by atoms with Crippen molar-refractivity contribution in [2.75, 3.05) is 18.5 Å². The fraction of sp³-hybridized carbons (Fsp3) is 0.366. The van der Waals surface area contributed by atoms with E-state index >= 15 is 0 Å². The first kappa shape index (κ1) is 39.8. The molecule has 13 nitrogen and oxygen atoms in total. The molecule has 7 rings (SSSR count). The molecule has 0 saturated heterocycles. The van der Waals surface area contributed by atoms with E-state index in [2.05, 4.69) is 10.6 Å². The van der Waals surface area contributed by atoms with Crippen LogP contribution in [-0.4, -0.2) is 86.7 Å². The van der Waals surface area contributed by atoms with Crippen molar-refractivity contribution in [3.63, 3.8) is 0 Å². The number of aliphatic hydroxyl groups excluding tert-OH is 4. The maximum absolute atomic E-state index is 13.0. The molecule has 1 saturated carbocycles. The highest BCUT2D eigenvalue weighted by Gasteiger charge is 2.55. The van der Waals surface area contributed by atoms with Crippen LogP contribution in [0.4, 0.5) is 18.9 Å². The second-order valence-electron chi connectivity index (χ2n) is 14.5. The number of alkyl halides is 3. The molecular weight excluding hydrogens is 753 g/mol. The third-order valence-corrected chi connectivity index (χ3v) is 10.6. The van der Waals surface area contributed by atoms with Crippen LogP contribution in [0.2, 0.25) is 0 Å². The average molecular weight is 795 g/mol. The van der Waals surface area contributed by atoms with Crippen LogP contribution in [0.15, 0.2) is 84.9 Å². The van der Waals surface area contributed by atoms with E-state index in [4.69, 9.17) is 18.9 Å². The Bertz CT molecular complexity index is 2130. The number of carbonyl (C=O) groups excluding carboxylic acids is 1. The second-order valence-corrected chi connectivity index (χ2v) is 14.5. The molecule has 2 aliphatic heterocycles. The Balaban J connectivity index is 1.10. The van der Waals surface area contributed by atoms with Gasteiger partial charge in [0, 0.05) is 54.6 Å². The summed E-state index contributed by atoms with van der Waals surface area (Å²) >= 11 is 0. The van der Waals surface area contributed by atoms with Crippen molar-refractivity contribution in [1.29, 1.82) is 0 Å². The van der Waals surface area contributed by atoms with E-state index in [1.807, 2.05) is 30.3 Å². The summed E-state index contributed by atoms with van der Waals surface area (Å²) in [5.41, 5.74) is 0.912. The van der Waals surface area contributed by atoms with Gasteiger partial charge in [-0.2, -0.15) is 13.2 Å². The van der Waals surface area contributed by atoms with Gasteiger partial charge >= 0.3 is 12.1 Å². The van der Waals surface area contributed by atoms with Crippen LogP contribution < -0.4 is 24.8 Å². The molecule has 0 bridgehead atoms. The Labute approximate surface area is 324 Å². The molecule has 1 aliphatic carbocycles. The van der Waals surface area contributed by atoms with Crippen LogP contribution in [-0.2, 0) is 33.1 Å². The molecule has 57 heavy (non-hydrogen) atoms. The molecule has 1 spiro atoms.